The third-order valence-electron chi connectivity index (χ3n) is 2.15. The van der Waals surface area contributed by atoms with Crippen LogP contribution in [0.5, 0.6) is 0 Å². The van der Waals surface area contributed by atoms with E-state index in [1.807, 2.05) is 20.8 Å². The maximum absolute atomic E-state index is 5.60. The number of hydrogen-bond acceptors (Lipinski definition) is 1. The van der Waals surface area contributed by atoms with Crippen LogP contribution in [-0.2, 0) is 0 Å². The molecule has 0 aliphatic carbocycles. The second kappa shape index (κ2) is 7.02. The SMILES string of the molecule is C=C/C(C)=C(C=CCl)/C(C)=N/C(=C)C(=C)C. The molecule has 0 amide bonds. The zero-order valence-corrected chi connectivity index (χ0v) is 10.9. The van der Waals surface area contributed by atoms with Gasteiger partial charge in [-0.3, -0.25) is 4.99 Å². The van der Waals surface area contributed by atoms with E-state index < -0.39 is 0 Å². The minimum Gasteiger partial charge on any atom is -0.254 e. The van der Waals surface area contributed by atoms with Gasteiger partial charge in [0, 0.05) is 11.2 Å². The lowest BCUT2D eigenvalue weighted by molar-refractivity contribution is 1.30. The zero-order chi connectivity index (χ0) is 12.7. The van der Waals surface area contributed by atoms with Crippen LogP contribution >= 0.6 is 11.6 Å². The molecule has 0 unspecified atom stereocenters. The zero-order valence-electron chi connectivity index (χ0n) is 10.2. The quantitative estimate of drug-likeness (QED) is 0.480. The molecule has 0 spiro atoms. The Morgan fingerprint density at radius 1 is 1.19 bits per heavy atom. The van der Waals surface area contributed by atoms with Gasteiger partial charge in [-0.1, -0.05) is 37.4 Å². The summed E-state index contributed by atoms with van der Waals surface area (Å²) >= 11 is 5.60. The van der Waals surface area contributed by atoms with Crippen molar-refractivity contribution in [2.45, 2.75) is 20.8 Å². The maximum atomic E-state index is 5.60. The Kier molecular flexibility index (Phi) is 6.43. The van der Waals surface area contributed by atoms with Gasteiger partial charge in [0.25, 0.3) is 0 Å². The molecule has 1 nitrogen and oxygen atoms in total. The van der Waals surface area contributed by atoms with Crippen molar-refractivity contribution in [3.05, 3.63) is 59.8 Å². The number of nitrogens with zero attached hydrogens (tertiary/aromatic N) is 1. The Hall–Kier alpha value is -1.34. The molecule has 0 rings (SSSR count). The van der Waals surface area contributed by atoms with Crippen LogP contribution in [0.4, 0.5) is 0 Å². The largest absolute Gasteiger partial charge is 0.254 e. The Morgan fingerprint density at radius 2 is 1.75 bits per heavy atom. The Labute approximate surface area is 103 Å². The van der Waals surface area contributed by atoms with Crippen LogP contribution in [-0.4, -0.2) is 5.71 Å². The van der Waals surface area contributed by atoms with E-state index in [9.17, 15) is 0 Å². The Balaban J connectivity index is 5.35. The topological polar surface area (TPSA) is 12.4 Å². The number of halogens is 1. The average Bonchev–Trinajstić information content (AvgIpc) is 2.24. The molecule has 2 heteroatoms. The second-order valence-corrected chi connectivity index (χ2v) is 3.77. The van der Waals surface area contributed by atoms with Crippen molar-refractivity contribution < 1.29 is 0 Å². The molecule has 0 aliphatic heterocycles. The first-order valence-corrected chi connectivity index (χ1v) is 5.38. The normalized spacial score (nSPS) is 13.6. The predicted molar refractivity (Wildman–Crippen MR) is 75.0 cm³/mol. The molecule has 16 heavy (non-hydrogen) atoms. The summed E-state index contributed by atoms with van der Waals surface area (Å²) in [5, 5.41) is 0. The molecule has 0 saturated carbocycles. The number of rotatable bonds is 5. The molecule has 0 heterocycles. The van der Waals surface area contributed by atoms with Gasteiger partial charge in [-0.05, 0) is 43.6 Å². The van der Waals surface area contributed by atoms with E-state index in [4.69, 9.17) is 11.6 Å². The van der Waals surface area contributed by atoms with Crippen LogP contribution < -0.4 is 0 Å². The van der Waals surface area contributed by atoms with Crippen molar-refractivity contribution in [3.63, 3.8) is 0 Å². The average molecular weight is 236 g/mol. The fourth-order valence-electron chi connectivity index (χ4n) is 1.07. The molecule has 86 valence electrons. The first-order chi connectivity index (χ1) is 7.43. The lowest BCUT2D eigenvalue weighted by atomic mass is 10.1. The summed E-state index contributed by atoms with van der Waals surface area (Å²) in [5.74, 6) is 0. The van der Waals surface area contributed by atoms with Crippen LogP contribution in [0.25, 0.3) is 0 Å². The van der Waals surface area contributed by atoms with Crippen LogP contribution in [0.2, 0.25) is 0 Å². The molecule has 0 radical (unpaired) electrons. The fourth-order valence-corrected chi connectivity index (χ4v) is 1.19. The van der Waals surface area contributed by atoms with Gasteiger partial charge >= 0.3 is 0 Å². The summed E-state index contributed by atoms with van der Waals surface area (Å²) in [5.41, 5.74) is 5.81. The molecular formula is C14H18ClN. The van der Waals surface area contributed by atoms with Crippen LogP contribution in [0.3, 0.4) is 0 Å². The van der Waals surface area contributed by atoms with Crippen LogP contribution in [0.15, 0.2) is 64.8 Å². The Bertz CT molecular complexity index is 395. The van der Waals surface area contributed by atoms with E-state index in [2.05, 4.69) is 24.7 Å². The van der Waals surface area contributed by atoms with Crippen molar-refractivity contribution in [1.82, 2.24) is 0 Å². The molecule has 0 saturated heterocycles. The van der Waals surface area contributed by atoms with E-state index in [1.165, 1.54) is 5.54 Å². The van der Waals surface area contributed by atoms with Gasteiger partial charge < -0.3 is 0 Å². The summed E-state index contributed by atoms with van der Waals surface area (Å²) < 4.78 is 0. The highest BCUT2D eigenvalue weighted by molar-refractivity contribution is 6.26. The summed E-state index contributed by atoms with van der Waals surface area (Å²) in [4.78, 5) is 4.37. The Morgan fingerprint density at radius 3 is 2.12 bits per heavy atom. The van der Waals surface area contributed by atoms with Gasteiger partial charge in [0.15, 0.2) is 0 Å². The highest BCUT2D eigenvalue weighted by atomic mass is 35.5. The highest BCUT2D eigenvalue weighted by Crippen LogP contribution is 2.14. The van der Waals surface area contributed by atoms with Crippen LogP contribution in [0.1, 0.15) is 20.8 Å². The van der Waals surface area contributed by atoms with Gasteiger partial charge in [0.05, 0.1) is 5.70 Å². The monoisotopic (exact) mass is 235 g/mol. The fraction of sp³-hybridized carbons (Fsp3) is 0.214. The molecule has 0 N–H and O–H groups in total. The molecular weight excluding hydrogens is 218 g/mol. The molecule has 0 fully saturated rings. The number of allylic oxidation sites excluding steroid dienone is 5. The van der Waals surface area contributed by atoms with E-state index in [0.717, 1.165) is 22.4 Å². The van der Waals surface area contributed by atoms with E-state index in [-0.39, 0.29) is 0 Å². The second-order valence-electron chi connectivity index (χ2n) is 3.52. The standard InChI is InChI=1S/C14H18ClN/c1-7-11(4)14(8-9-15)13(6)16-12(5)10(2)3/h7-9H,1-2,5H2,3-4,6H3/b9-8?,14-11+,16-13+. The molecule has 0 aromatic carbocycles. The van der Waals surface area contributed by atoms with Crippen LogP contribution in [0, 0.1) is 0 Å². The van der Waals surface area contributed by atoms with Gasteiger partial charge in [-0.25, -0.2) is 0 Å². The summed E-state index contributed by atoms with van der Waals surface area (Å²) in [6.45, 7) is 17.1. The number of hydrogen-bond donors (Lipinski definition) is 0. The summed E-state index contributed by atoms with van der Waals surface area (Å²) in [6, 6.07) is 0. The maximum Gasteiger partial charge on any atom is 0.0584 e. The first-order valence-electron chi connectivity index (χ1n) is 4.94. The lowest BCUT2D eigenvalue weighted by Crippen LogP contribution is -1.98. The van der Waals surface area contributed by atoms with E-state index in [0.29, 0.717) is 5.70 Å². The van der Waals surface area contributed by atoms with Crippen molar-refractivity contribution in [2.24, 2.45) is 4.99 Å². The van der Waals surface area contributed by atoms with Gasteiger partial charge in [-0.15, -0.1) is 0 Å². The van der Waals surface area contributed by atoms with E-state index >= 15 is 0 Å². The van der Waals surface area contributed by atoms with Crippen molar-refractivity contribution >= 4 is 17.3 Å². The highest BCUT2D eigenvalue weighted by Gasteiger charge is 2.02. The third kappa shape index (κ3) is 4.45. The summed E-state index contributed by atoms with van der Waals surface area (Å²) in [6.07, 6.45) is 3.57. The lowest BCUT2D eigenvalue weighted by Gasteiger charge is -2.06. The first kappa shape index (κ1) is 14.7. The molecule has 0 aliphatic rings. The predicted octanol–water partition coefficient (Wildman–Crippen LogP) is 4.79. The molecule has 0 bridgehead atoms. The van der Waals surface area contributed by atoms with Crippen molar-refractivity contribution in [1.29, 1.82) is 0 Å². The van der Waals surface area contributed by atoms with Crippen molar-refractivity contribution in [3.8, 4) is 0 Å². The van der Waals surface area contributed by atoms with Gasteiger partial charge in [0.2, 0.25) is 0 Å². The van der Waals surface area contributed by atoms with Crippen molar-refractivity contribution in [2.75, 3.05) is 0 Å². The number of aliphatic imine (C=N–C) groups is 1. The third-order valence-corrected chi connectivity index (χ3v) is 2.27. The van der Waals surface area contributed by atoms with Gasteiger partial charge in [0.1, 0.15) is 0 Å². The smallest absolute Gasteiger partial charge is 0.0584 e. The summed E-state index contributed by atoms with van der Waals surface area (Å²) in [7, 11) is 0. The molecule has 0 aromatic rings. The molecule has 0 aromatic heterocycles. The van der Waals surface area contributed by atoms with E-state index in [1.54, 1.807) is 12.2 Å². The molecule has 0 atom stereocenters. The minimum absolute atomic E-state index is 0.676. The minimum atomic E-state index is 0.676. The van der Waals surface area contributed by atoms with Gasteiger partial charge in [-0.2, -0.15) is 0 Å².